The minimum atomic E-state index is -0.487. The fourth-order valence-corrected chi connectivity index (χ4v) is 2.27. The zero-order valence-electron chi connectivity index (χ0n) is 11.3. The van der Waals surface area contributed by atoms with Crippen LogP contribution in [0.15, 0.2) is 0 Å². The van der Waals surface area contributed by atoms with Gasteiger partial charge in [-0.3, -0.25) is 10.1 Å². The van der Waals surface area contributed by atoms with Crippen LogP contribution in [0.1, 0.15) is 30.8 Å². The van der Waals surface area contributed by atoms with Crippen molar-refractivity contribution in [2.75, 3.05) is 0 Å². The average Bonchev–Trinajstić information content (AvgIpc) is 2.56. The van der Waals surface area contributed by atoms with Crippen LogP contribution in [0, 0.1) is 29.9 Å². The van der Waals surface area contributed by atoms with E-state index < -0.39 is 4.92 Å². The molecule has 0 amide bonds. The van der Waals surface area contributed by atoms with Crippen LogP contribution in [-0.2, 0) is 6.42 Å². The van der Waals surface area contributed by atoms with Gasteiger partial charge in [0.05, 0.1) is 10.6 Å². The van der Waals surface area contributed by atoms with Gasteiger partial charge in [-0.1, -0.05) is 25.4 Å². The van der Waals surface area contributed by atoms with Crippen LogP contribution in [0.25, 0.3) is 5.65 Å². The Balaban J connectivity index is 2.81. The van der Waals surface area contributed by atoms with Gasteiger partial charge in [0.2, 0.25) is 5.15 Å². The van der Waals surface area contributed by atoms with E-state index in [-0.39, 0.29) is 16.8 Å². The molecule has 2 aromatic heterocycles. The number of nitro groups is 1. The summed E-state index contributed by atoms with van der Waals surface area (Å²) in [6, 6.07) is 0. The summed E-state index contributed by atoms with van der Waals surface area (Å²) in [4.78, 5) is 15.1. The van der Waals surface area contributed by atoms with Crippen LogP contribution < -0.4 is 0 Å². The van der Waals surface area contributed by atoms with Crippen molar-refractivity contribution < 1.29 is 4.92 Å². The number of aryl methyl sites for hydroxylation is 2. The number of halogens is 1. The summed E-state index contributed by atoms with van der Waals surface area (Å²) in [5, 5.41) is 15.4. The maximum Gasteiger partial charge on any atom is 0.327 e. The summed E-state index contributed by atoms with van der Waals surface area (Å²) >= 11 is 6.13. The Kier molecular flexibility index (Phi) is 3.45. The lowest BCUT2D eigenvalue weighted by Gasteiger charge is -2.07. The van der Waals surface area contributed by atoms with Gasteiger partial charge in [0.15, 0.2) is 5.65 Å². The van der Waals surface area contributed by atoms with Crippen molar-refractivity contribution in [3.05, 3.63) is 32.2 Å². The lowest BCUT2D eigenvalue weighted by molar-refractivity contribution is -0.386. The Morgan fingerprint density at radius 1 is 1.42 bits per heavy atom. The Morgan fingerprint density at radius 2 is 2.05 bits per heavy atom. The predicted molar refractivity (Wildman–Crippen MR) is 72.7 cm³/mol. The third kappa shape index (κ3) is 2.28. The molecule has 0 saturated carbocycles. The molecule has 0 N–H and O–H groups in total. The van der Waals surface area contributed by atoms with Gasteiger partial charge in [0.1, 0.15) is 5.69 Å². The molecule has 0 fully saturated rings. The van der Waals surface area contributed by atoms with Crippen LogP contribution in [0.3, 0.4) is 0 Å². The van der Waals surface area contributed by atoms with Crippen molar-refractivity contribution >= 4 is 22.9 Å². The average molecular weight is 283 g/mol. The van der Waals surface area contributed by atoms with Gasteiger partial charge in [-0.15, -0.1) is 0 Å². The number of rotatable bonds is 3. The van der Waals surface area contributed by atoms with E-state index in [4.69, 9.17) is 11.6 Å². The second-order valence-electron chi connectivity index (χ2n) is 5.00. The highest BCUT2D eigenvalue weighted by molar-refractivity contribution is 6.31. The number of fused-ring (bicyclic) bond motifs is 1. The maximum atomic E-state index is 11.2. The second-order valence-corrected chi connectivity index (χ2v) is 5.36. The fraction of sp³-hybridized carbons (Fsp3) is 0.500. The molecule has 2 aromatic rings. The second kappa shape index (κ2) is 4.77. The summed E-state index contributed by atoms with van der Waals surface area (Å²) in [5.74, 6) is 0.258. The molecule has 102 valence electrons. The van der Waals surface area contributed by atoms with Gasteiger partial charge < -0.3 is 0 Å². The van der Waals surface area contributed by atoms with E-state index in [1.165, 1.54) is 4.52 Å². The molecule has 19 heavy (non-hydrogen) atoms. The molecule has 0 aromatic carbocycles. The standard InChI is InChI=1S/C12H15ClN4O2/c1-6(2)5-9-10(17(18)19)11(13)16-12(14-9)7(3)8(4)15-16/h6H,5H2,1-4H3. The van der Waals surface area contributed by atoms with Gasteiger partial charge in [0.25, 0.3) is 0 Å². The lowest BCUT2D eigenvalue weighted by atomic mass is 10.1. The molecule has 0 atom stereocenters. The molecule has 0 spiro atoms. The van der Waals surface area contributed by atoms with Crippen molar-refractivity contribution in [3.8, 4) is 0 Å². The van der Waals surface area contributed by atoms with E-state index in [9.17, 15) is 10.1 Å². The summed E-state index contributed by atoms with van der Waals surface area (Å²) in [6.07, 6.45) is 0.510. The molecule has 0 saturated heterocycles. The van der Waals surface area contributed by atoms with Gasteiger partial charge in [-0.2, -0.15) is 9.61 Å². The summed E-state index contributed by atoms with van der Waals surface area (Å²) in [5.41, 5.74) is 2.52. The van der Waals surface area contributed by atoms with Crippen LogP contribution in [-0.4, -0.2) is 19.5 Å². The monoisotopic (exact) mass is 282 g/mol. The number of hydrogen-bond acceptors (Lipinski definition) is 4. The Hall–Kier alpha value is -1.69. The van der Waals surface area contributed by atoms with Gasteiger partial charge in [0, 0.05) is 5.56 Å². The SMILES string of the molecule is Cc1nn2c(Cl)c([N+](=O)[O-])c(CC(C)C)nc2c1C. The van der Waals surface area contributed by atoms with Crippen molar-refractivity contribution in [1.29, 1.82) is 0 Å². The molecule has 6 nitrogen and oxygen atoms in total. The zero-order chi connectivity index (χ0) is 14.3. The first kappa shape index (κ1) is 13.7. The third-order valence-corrected chi connectivity index (χ3v) is 3.35. The molecule has 0 bridgehead atoms. The molecule has 2 heterocycles. The maximum absolute atomic E-state index is 11.2. The Labute approximate surface area is 115 Å². The van der Waals surface area contributed by atoms with Crippen molar-refractivity contribution in [3.63, 3.8) is 0 Å². The quantitative estimate of drug-likeness (QED) is 0.492. The first-order valence-electron chi connectivity index (χ1n) is 6.01. The molecule has 0 aliphatic carbocycles. The summed E-state index contributed by atoms with van der Waals surface area (Å²) in [7, 11) is 0. The van der Waals surface area contributed by atoms with Gasteiger partial charge in [-0.05, 0) is 26.2 Å². The minimum absolute atomic E-state index is 0.0156. The first-order valence-corrected chi connectivity index (χ1v) is 6.39. The highest BCUT2D eigenvalue weighted by atomic mass is 35.5. The number of hydrogen-bond donors (Lipinski definition) is 0. The highest BCUT2D eigenvalue weighted by Gasteiger charge is 2.26. The van der Waals surface area contributed by atoms with Crippen molar-refractivity contribution in [2.45, 2.75) is 34.1 Å². The molecule has 7 heteroatoms. The summed E-state index contributed by atoms with van der Waals surface area (Å²) < 4.78 is 1.34. The lowest BCUT2D eigenvalue weighted by Crippen LogP contribution is -2.07. The topological polar surface area (TPSA) is 73.3 Å². The van der Waals surface area contributed by atoms with Gasteiger partial charge >= 0.3 is 5.69 Å². The molecular weight excluding hydrogens is 268 g/mol. The highest BCUT2D eigenvalue weighted by Crippen LogP contribution is 2.31. The van der Waals surface area contributed by atoms with E-state index >= 15 is 0 Å². The zero-order valence-corrected chi connectivity index (χ0v) is 12.0. The van der Waals surface area contributed by atoms with E-state index in [1.54, 1.807) is 0 Å². The third-order valence-electron chi connectivity index (χ3n) is 3.01. The van der Waals surface area contributed by atoms with Gasteiger partial charge in [-0.25, -0.2) is 4.98 Å². The minimum Gasteiger partial charge on any atom is -0.258 e. The first-order chi connectivity index (χ1) is 8.82. The van der Waals surface area contributed by atoms with Crippen LogP contribution in [0.4, 0.5) is 5.69 Å². The van der Waals surface area contributed by atoms with E-state index in [2.05, 4.69) is 10.1 Å². The molecule has 0 unspecified atom stereocenters. The van der Waals surface area contributed by atoms with E-state index in [0.29, 0.717) is 17.8 Å². The Bertz CT molecular complexity index is 664. The van der Waals surface area contributed by atoms with Crippen molar-refractivity contribution in [1.82, 2.24) is 14.6 Å². The molecule has 0 radical (unpaired) electrons. The normalized spacial score (nSPS) is 11.5. The number of nitrogens with zero attached hydrogens (tertiary/aromatic N) is 4. The predicted octanol–water partition coefficient (Wildman–Crippen LogP) is 3.11. The van der Waals surface area contributed by atoms with E-state index in [0.717, 1.165) is 11.3 Å². The van der Waals surface area contributed by atoms with Crippen molar-refractivity contribution in [2.24, 2.45) is 5.92 Å². The molecule has 0 aliphatic heterocycles. The Morgan fingerprint density at radius 3 is 2.58 bits per heavy atom. The molecule has 2 rings (SSSR count). The van der Waals surface area contributed by atoms with Crippen LogP contribution in [0.2, 0.25) is 5.15 Å². The summed E-state index contributed by atoms with van der Waals surface area (Å²) in [6.45, 7) is 7.68. The molecular formula is C12H15ClN4O2. The largest absolute Gasteiger partial charge is 0.327 e. The fourth-order valence-electron chi connectivity index (χ4n) is 1.97. The smallest absolute Gasteiger partial charge is 0.258 e. The van der Waals surface area contributed by atoms with Crippen LogP contribution in [0.5, 0.6) is 0 Å². The van der Waals surface area contributed by atoms with E-state index in [1.807, 2.05) is 27.7 Å². The van der Waals surface area contributed by atoms with Crippen LogP contribution >= 0.6 is 11.6 Å². The number of aromatic nitrogens is 3. The molecule has 0 aliphatic rings.